The minimum atomic E-state index is -0.496. The zero-order chi connectivity index (χ0) is 22.1. The van der Waals surface area contributed by atoms with Crippen molar-refractivity contribution in [1.29, 1.82) is 0 Å². The van der Waals surface area contributed by atoms with E-state index in [2.05, 4.69) is 20.8 Å². The Hall–Kier alpha value is -3.42. The number of halogens is 2. The van der Waals surface area contributed by atoms with Crippen LogP contribution in [-0.4, -0.2) is 29.6 Å². The van der Waals surface area contributed by atoms with E-state index in [4.69, 9.17) is 27.9 Å². The van der Waals surface area contributed by atoms with Crippen molar-refractivity contribution in [3.63, 3.8) is 0 Å². The molecule has 2 N–H and O–H groups in total. The average molecular weight is 457 g/mol. The van der Waals surface area contributed by atoms with Gasteiger partial charge in [-0.1, -0.05) is 41.4 Å². The van der Waals surface area contributed by atoms with Gasteiger partial charge in [-0.25, -0.2) is 10.4 Å². The van der Waals surface area contributed by atoms with Gasteiger partial charge in [-0.05, 0) is 48.0 Å². The van der Waals surface area contributed by atoms with Gasteiger partial charge in [-0.2, -0.15) is 5.10 Å². The molecule has 3 rings (SSSR count). The Bertz CT molecular complexity index is 1090. The van der Waals surface area contributed by atoms with Crippen LogP contribution in [0.1, 0.15) is 21.5 Å². The van der Waals surface area contributed by atoms with Gasteiger partial charge in [0.05, 0.1) is 18.3 Å². The van der Waals surface area contributed by atoms with Crippen LogP contribution in [0.15, 0.2) is 72.0 Å². The Balaban J connectivity index is 1.43. The van der Waals surface area contributed by atoms with Crippen molar-refractivity contribution >= 4 is 41.2 Å². The largest absolute Gasteiger partial charge is 0.489 e. The number of benzene rings is 2. The zero-order valence-electron chi connectivity index (χ0n) is 16.2. The highest BCUT2D eigenvalue weighted by Gasteiger charge is 2.11. The molecule has 2 aromatic carbocycles. The van der Waals surface area contributed by atoms with E-state index in [9.17, 15) is 9.59 Å². The normalized spacial score (nSPS) is 10.6. The fourth-order valence-corrected chi connectivity index (χ4v) is 2.85. The van der Waals surface area contributed by atoms with Gasteiger partial charge in [-0.15, -0.1) is 0 Å². The van der Waals surface area contributed by atoms with Gasteiger partial charge in [0.1, 0.15) is 17.5 Å². The van der Waals surface area contributed by atoms with Crippen LogP contribution in [0.25, 0.3) is 0 Å². The summed E-state index contributed by atoms with van der Waals surface area (Å²) in [6, 6.07) is 17.7. The highest BCUT2D eigenvalue weighted by Crippen LogP contribution is 2.18. The quantitative estimate of drug-likeness (QED) is 0.305. The van der Waals surface area contributed by atoms with Crippen LogP contribution in [0.2, 0.25) is 10.2 Å². The van der Waals surface area contributed by atoms with Crippen molar-refractivity contribution in [2.75, 3.05) is 6.54 Å². The lowest BCUT2D eigenvalue weighted by Crippen LogP contribution is -2.35. The number of carbonyl (C=O) groups is 2. The summed E-state index contributed by atoms with van der Waals surface area (Å²) in [4.78, 5) is 27.6. The summed E-state index contributed by atoms with van der Waals surface area (Å²) < 4.78 is 5.72. The molecule has 31 heavy (non-hydrogen) atoms. The second-order valence-electron chi connectivity index (χ2n) is 6.27. The van der Waals surface area contributed by atoms with Crippen LogP contribution in [0.5, 0.6) is 5.75 Å². The summed E-state index contributed by atoms with van der Waals surface area (Å²) in [7, 11) is 0. The molecule has 158 valence electrons. The van der Waals surface area contributed by atoms with Gasteiger partial charge in [0.25, 0.3) is 11.8 Å². The number of amides is 2. The van der Waals surface area contributed by atoms with Gasteiger partial charge in [-0.3, -0.25) is 9.59 Å². The van der Waals surface area contributed by atoms with Crippen LogP contribution in [0, 0.1) is 0 Å². The molecule has 0 unspecified atom stereocenters. The van der Waals surface area contributed by atoms with Crippen LogP contribution in [0.3, 0.4) is 0 Å². The summed E-state index contributed by atoms with van der Waals surface area (Å²) in [5, 5.41) is 7.05. The van der Waals surface area contributed by atoms with Crippen molar-refractivity contribution in [2.45, 2.75) is 6.61 Å². The molecule has 0 fully saturated rings. The maximum absolute atomic E-state index is 12.0. The molecule has 9 heteroatoms. The van der Waals surface area contributed by atoms with Gasteiger partial charge in [0.15, 0.2) is 0 Å². The number of hydrogen-bond donors (Lipinski definition) is 2. The molecule has 0 atom stereocenters. The molecular weight excluding hydrogens is 439 g/mol. The Morgan fingerprint density at radius 3 is 2.55 bits per heavy atom. The first-order valence-electron chi connectivity index (χ1n) is 9.20. The monoisotopic (exact) mass is 456 g/mol. The van der Waals surface area contributed by atoms with Crippen LogP contribution in [-0.2, 0) is 11.4 Å². The topological polar surface area (TPSA) is 92.7 Å². The van der Waals surface area contributed by atoms with E-state index >= 15 is 0 Å². The van der Waals surface area contributed by atoms with Gasteiger partial charge in [0, 0.05) is 16.8 Å². The highest BCUT2D eigenvalue weighted by molar-refractivity contribution is 6.32. The number of pyridine rings is 1. The first-order valence-corrected chi connectivity index (χ1v) is 9.95. The summed E-state index contributed by atoms with van der Waals surface area (Å²) in [5.41, 5.74) is 4.19. The summed E-state index contributed by atoms with van der Waals surface area (Å²) in [6.07, 6.45) is 2.95. The van der Waals surface area contributed by atoms with Gasteiger partial charge >= 0.3 is 0 Å². The predicted molar refractivity (Wildman–Crippen MR) is 120 cm³/mol. The Kier molecular flexibility index (Phi) is 7.98. The molecule has 0 aliphatic rings. The van der Waals surface area contributed by atoms with E-state index in [1.807, 2.05) is 24.3 Å². The molecule has 0 spiro atoms. The summed E-state index contributed by atoms with van der Waals surface area (Å²) >= 11 is 12.0. The van der Waals surface area contributed by atoms with Crippen molar-refractivity contribution in [2.24, 2.45) is 5.10 Å². The second-order valence-corrected chi connectivity index (χ2v) is 7.03. The summed E-state index contributed by atoms with van der Waals surface area (Å²) in [5.74, 6) is -0.299. The molecule has 2 amide bonds. The third-order valence-electron chi connectivity index (χ3n) is 4.05. The van der Waals surface area contributed by atoms with E-state index in [-0.39, 0.29) is 17.3 Å². The van der Waals surface area contributed by atoms with Crippen molar-refractivity contribution in [3.05, 3.63) is 93.7 Å². The molecule has 1 aromatic heterocycles. The molecular formula is C22H18Cl2N4O3. The van der Waals surface area contributed by atoms with E-state index in [0.717, 1.165) is 11.1 Å². The molecule has 1 heterocycles. The SMILES string of the molecule is O=C(CNC(=O)c1cccnc1Cl)N/N=C/c1ccc(OCc2ccccc2Cl)cc1. The molecule has 0 aliphatic heterocycles. The first kappa shape index (κ1) is 22.3. The molecule has 3 aromatic rings. The number of hydrogen-bond acceptors (Lipinski definition) is 5. The third kappa shape index (κ3) is 6.80. The number of rotatable bonds is 8. The van der Waals surface area contributed by atoms with Crippen molar-refractivity contribution in [3.8, 4) is 5.75 Å². The van der Waals surface area contributed by atoms with E-state index in [1.165, 1.54) is 18.5 Å². The van der Waals surface area contributed by atoms with Crippen LogP contribution in [0.4, 0.5) is 0 Å². The number of nitrogens with zero attached hydrogens (tertiary/aromatic N) is 2. The minimum absolute atomic E-state index is 0.0673. The van der Waals surface area contributed by atoms with E-state index in [0.29, 0.717) is 17.4 Å². The fourth-order valence-electron chi connectivity index (χ4n) is 2.46. The summed E-state index contributed by atoms with van der Waals surface area (Å²) in [6.45, 7) is 0.107. The fraction of sp³-hybridized carbons (Fsp3) is 0.0909. The zero-order valence-corrected chi connectivity index (χ0v) is 17.7. The Morgan fingerprint density at radius 2 is 1.81 bits per heavy atom. The van der Waals surface area contributed by atoms with Gasteiger partial charge < -0.3 is 10.1 Å². The number of ether oxygens (including phenoxy) is 1. The number of aromatic nitrogens is 1. The molecule has 0 saturated heterocycles. The lowest BCUT2D eigenvalue weighted by atomic mass is 10.2. The molecule has 7 nitrogen and oxygen atoms in total. The van der Waals surface area contributed by atoms with Crippen LogP contribution < -0.4 is 15.5 Å². The number of nitrogens with one attached hydrogen (secondary N) is 2. The smallest absolute Gasteiger partial charge is 0.259 e. The molecule has 0 aliphatic carbocycles. The van der Waals surface area contributed by atoms with E-state index < -0.39 is 11.8 Å². The molecule has 0 radical (unpaired) electrons. The lowest BCUT2D eigenvalue weighted by Gasteiger charge is -2.07. The standard InChI is InChI=1S/C22H18Cl2N4O3/c23-19-6-2-1-4-16(19)14-31-17-9-7-15(8-10-17)12-27-28-20(29)13-26-22(30)18-5-3-11-25-21(18)24/h1-12H,13-14H2,(H,26,30)(H,28,29)/b27-12+. The Labute approximate surface area is 189 Å². The van der Waals surface area contributed by atoms with E-state index in [1.54, 1.807) is 30.3 Å². The third-order valence-corrected chi connectivity index (χ3v) is 4.72. The molecule has 0 saturated carbocycles. The number of hydrazone groups is 1. The highest BCUT2D eigenvalue weighted by atomic mass is 35.5. The maximum atomic E-state index is 12.0. The second kappa shape index (κ2) is 11.1. The average Bonchev–Trinajstić information content (AvgIpc) is 2.78. The van der Waals surface area contributed by atoms with Crippen molar-refractivity contribution < 1.29 is 14.3 Å². The number of carbonyl (C=O) groups excluding carboxylic acids is 2. The van der Waals surface area contributed by atoms with Crippen molar-refractivity contribution in [1.82, 2.24) is 15.7 Å². The van der Waals surface area contributed by atoms with Gasteiger partial charge in [0.2, 0.25) is 0 Å². The van der Waals surface area contributed by atoms with Crippen LogP contribution >= 0.6 is 23.2 Å². The lowest BCUT2D eigenvalue weighted by molar-refractivity contribution is -0.120. The molecule has 0 bridgehead atoms. The predicted octanol–water partition coefficient (Wildman–Crippen LogP) is 3.85. The first-order chi connectivity index (χ1) is 15.0. The minimum Gasteiger partial charge on any atom is -0.489 e. The Morgan fingerprint density at radius 1 is 1.03 bits per heavy atom. The maximum Gasteiger partial charge on any atom is 0.259 e.